The van der Waals surface area contributed by atoms with E-state index in [1.807, 2.05) is 25.1 Å². The lowest BCUT2D eigenvalue weighted by atomic mass is 10.0. The molecule has 2 aromatic rings. The van der Waals surface area contributed by atoms with Gasteiger partial charge in [0.25, 0.3) is 0 Å². The molecule has 0 unspecified atom stereocenters. The number of hydrogen-bond acceptors (Lipinski definition) is 4. The number of fused-ring (bicyclic) bond motifs is 1. The van der Waals surface area contributed by atoms with Crippen molar-refractivity contribution in [3.63, 3.8) is 0 Å². The molecule has 3 rings (SSSR count). The highest BCUT2D eigenvalue weighted by Crippen LogP contribution is 2.28. The molecule has 5 nitrogen and oxygen atoms in total. The first-order valence-electron chi connectivity index (χ1n) is 8.58. The largest absolute Gasteiger partial charge is 0.508 e. The van der Waals surface area contributed by atoms with Crippen molar-refractivity contribution in [1.82, 2.24) is 15.1 Å². The van der Waals surface area contributed by atoms with Crippen LogP contribution in [0.5, 0.6) is 5.75 Å². The fourth-order valence-electron chi connectivity index (χ4n) is 3.28. The maximum absolute atomic E-state index is 11.7. The van der Waals surface area contributed by atoms with Crippen LogP contribution in [-0.2, 0) is 11.3 Å². The lowest BCUT2D eigenvalue weighted by Crippen LogP contribution is -2.49. The Labute approximate surface area is 142 Å². The van der Waals surface area contributed by atoms with Gasteiger partial charge >= 0.3 is 0 Å². The van der Waals surface area contributed by atoms with Crippen molar-refractivity contribution in [2.24, 2.45) is 0 Å². The number of nitrogens with one attached hydrogen (secondary N) is 1. The predicted molar refractivity (Wildman–Crippen MR) is 96.0 cm³/mol. The van der Waals surface area contributed by atoms with Crippen LogP contribution in [0, 0.1) is 0 Å². The van der Waals surface area contributed by atoms with Crippen LogP contribution < -0.4 is 5.32 Å². The summed E-state index contributed by atoms with van der Waals surface area (Å²) in [6.07, 6.45) is 0. The van der Waals surface area contributed by atoms with Crippen LogP contribution >= 0.6 is 0 Å². The lowest BCUT2D eigenvalue weighted by Gasteiger charge is -2.34. The van der Waals surface area contributed by atoms with Crippen molar-refractivity contribution in [3.05, 3.63) is 42.0 Å². The van der Waals surface area contributed by atoms with Gasteiger partial charge in [-0.3, -0.25) is 14.6 Å². The fraction of sp³-hybridized carbons (Fsp3) is 0.421. The monoisotopic (exact) mass is 327 g/mol. The zero-order valence-corrected chi connectivity index (χ0v) is 14.2. The average Bonchev–Trinajstić information content (AvgIpc) is 2.59. The molecule has 0 saturated carbocycles. The summed E-state index contributed by atoms with van der Waals surface area (Å²) in [7, 11) is 0. The van der Waals surface area contributed by atoms with E-state index >= 15 is 0 Å². The summed E-state index contributed by atoms with van der Waals surface area (Å²) in [5.41, 5.74) is 0.991. The fourth-order valence-corrected chi connectivity index (χ4v) is 3.28. The number of carbonyl (C=O) groups excluding carboxylic acids is 1. The third-order valence-corrected chi connectivity index (χ3v) is 4.60. The molecule has 1 heterocycles. The Morgan fingerprint density at radius 3 is 2.54 bits per heavy atom. The van der Waals surface area contributed by atoms with E-state index in [1.54, 1.807) is 6.07 Å². The highest BCUT2D eigenvalue weighted by atomic mass is 16.3. The molecule has 0 radical (unpaired) electrons. The van der Waals surface area contributed by atoms with Gasteiger partial charge in [0.05, 0.1) is 6.54 Å². The van der Waals surface area contributed by atoms with Gasteiger partial charge in [-0.1, -0.05) is 30.3 Å². The number of piperazine rings is 1. The molecule has 0 bridgehead atoms. The zero-order chi connectivity index (χ0) is 16.9. The van der Waals surface area contributed by atoms with Crippen molar-refractivity contribution in [2.45, 2.75) is 13.5 Å². The summed E-state index contributed by atoms with van der Waals surface area (Å²) in [6.45, 7) is 7.39. The van der Waals surface area contributed by atoms with Gasteiger partial charge in [-0.05, 0) is 23.8 Å². The van der Waals surface area contributed by atoms with Crippen molar-refractivity contribution in [1.29, 1.82) is 0 Å². The minimum Gasteiger partial charge on any atom is -0.508 e. The molecule has 5 heteroatoms. The number of phenols is 1. The second kappa shape index (κ2) is 7.64. The number of aromatic hydroxyl groups is 1. The number of carbonyl (C=O) groups is 1. The first kappa shape index (κ1) is 16.7. The van der Waals surface area contributed by atoms with Gasteiger partial charge < -0.3 is 10.4 Å². The molecule has 2 N–H and O–H groups in total. The molecule has 1 amide bonds. The van der Waals surface area contributed by atoms with Crippen LogP contribution in [0.15, 0.2) is 36.4 Å². The van der Waals surface area contributed by atoms with Gasteiger partial charge in [-0.15, -0.1) is 0 Å². The molecular formula is C19H25N3O2. The average molecular weight is 327 g/mol. The van der Waals surface area contributed by atoms with Gasteiger partial charge in [-0.25, -0.2) is 0 Å². The normalized spacial score (nSPS) is 16.4. The Morgan fingerprint density at radius 2 is 1.79 bits per heavy atom. The quantitative estimate of drug-likeness (QED) is 0.879. The standard InChI is InChI=1S/C19H25N3O2/c1-2-20-19(24)14-22-11-9-21(10-12-22)13-17-16-6-4-3-5-15(16)7-8-18(17)23/h3-8,23H,2,9-14H2,1H3,(H,20,24). The molecular weight excluding hydrogens is 302 g/mol. The van der Waals surface area contributed by atoms with E-state index in [2.05, 4.69) is 27.2 Å². The molecule has 2 aromatic carbocycles. The van der Waals surface area contributed by atoms with Crippen molar-refractivity contribution in [2.75, 3.05) is 39.3 Å². The Balaban J connectivity index is 1.63. The zero-order valence-electron chi connectivity index (χ0n) is 14.2. The number of benzene rings is 2. The van der Waals surface area contributed by atoms with Crippen LogP contribution in [-0.4, -0.2) is 60.1 Å². The molecule has 0 spiro atoms. The first-order valence-corrected chi connectivity index (χ1v) is 8.58. The van der Waals surface area contributed by atoms with Crippen molar-refractivity contribution >= 4 is 16.7 Å². The number of hydrogen-bond donors (Lipinski definition) is 2. The van der Waals surface area contributed by atoms with Crippen LogP contribution in [0.2, 0.25) is 0 Å². The predicted octanol–water partition coefficient (Wildman–Crippen LogP) is 1.80. The first-order chi connectivity index (χ1) is 11.7. The number of phenolic OH excluding ortho intramolecular Hbond substituents is 1. The minimum absolute atomic E-state index is 0.0950. The summed E-state index contributed by atoms with van der Waals surface area (Å²) in [4.78, 5) is 16.2. The molecule has 0 atom stereocenters. The molecule has 1 aliphatic rings. The molecule has 24 heavy (non-hydrogen) atoms. The van der Waals surface area contributed by atoms with E-state index in [1.165, 1.54) is 0 Å². The third-order valence-electron chi connectivity index (χ3n) is 4.60. The van der Waals surface area contributed by atoms with E-state index < -0.39 is 0 Å². The summed E-state index contributed by atoms with van der Waals surface area (Å²) in [5.74, 6) is 0.455. The van der Waals surface area contributed by atoms with E-state index in [-0.39, 0.29) is 5.91 Å². The van der Waals surface area contributed by atoms with E-state index in [0.717, 1.165) is 49.1 Å². The second-order valence-corrected chi connectivity index (χ2v) is 6.29. The number of likely N-dealkylation sites (N-methyl/N-ethyl adjacent to an activating group) is 1. The van der Waals surface area contributed by atoms with Crippen molar-refractivity contribution < 1.29 is 9.90 Å². The van der Waals surface area contributed by atoms with Gasteiger partial charge in [0.1, 0.15) is 5.75 Å². The Bertz CT molecular complexity index is 709. The number of nitrogens with zero attached hydrogens (tertiary/aromatic N) is 2. The summed E-state index contributed by atoms with van der Waals surface area (Å²) in [6, 6.07) is 11.9. The molecule has 128 valence electrons. The Morgan fingerprint density at radius 1 is 1.08 bits per heavy atom. The molecule has 1 saturated heterocycles. The van der Waals surface area contributed by atoms with Crippen LogP contribution in [0.4, 0.5) is 0 Å². The number of rotatable bonds is 5. The summed E-state index contributed by atoms with van der Waals surface area (Å²) < 4.78 is 0. The molecule has 0 aromatic heterocycles. The Hall–Kier alpha value is -2.11. The van der Waals surface area contributed by atoms with E-state index in [4.69, 9.17) is 0 Å². The maximum Gasteiger partial charge on any atom is 0.234 e. The third kappa shape index (κ3) is 3.86. The highest BCUT2D eigenvalue weighted by molar-refractivity contribution is 5.87. The topological polar surface area (TPSA) is 55.8 Å². The molecule has 1 aliphatic heterocycles. The van der Waals surface area contributed by atoms with Crippen LogP contribution in [0.1, 0.15) is 12.5 Å². The van der Waals surface area contributed by atoms with Crippen LogP contribution in [0.25, 0.3) is 10.8 Å². The second-order valence-electron chi connectivity index (χ2n) is 6.29. The molecule has 0 aliphatic carbocycles. The summed E-state index contributed by atoms with van der Waals surface area (Å²) >= 11 is 0. The number of amides is 1. The van der Waals surface area contributed by atoms with Crippen LogP contribution in [0.3, 0.4) is 0 Å². The van der Waals surface area contributed by atoms with Gasteiger partial charge in [-0.2, -0.15) is 0 Å². The summed E-state index contributed by atoms with van der Waals surface area (Å²) in [5, 5.41) is 15.4. The smallest absolute Gasteiger partial charge is 0.234 e. The lowest BCUT2D eigenvalue weighted by molar-refractivity contribution is -0.122. The highest BCUT2D eigenvalue weighted by Gasteiger charge is 2.20. The Kier molecular flexibility index (Phi) is 5.33. The SMILES string of the molecule is CCNC(=O)CN1CCN(Cc2c(O)ccc3ccccc23)CC1. The van der Waals surface area contributed by atoms with Gasteiger partial charge in [0, 0.05) is 44.8 Å². The maximum atomic E-state index is 11.7. The van der Waals surface area contributed by atoms with E-state index in [0.29, 0.717) is 18.8 Å². The van der Waals surface area contributed by atoms with Crippen molar-refractivity contribution in [3.8, 4) is 5.75 Å². The minimum atomic E-state index is 0.0950. The van der Waals surface area contributed by atoms with E-state index in [9.17, 15) is 9.90 Å². The van der Waals surface area contributed by atoms with Gasteiger partial charge in [0.15, 0.2) is 0 Å². The van der Waals surface area contributed by atoms with Gasteiger partial charge in [0.2, 0.25) is 5.91 Å². The molecule has 1 fully saturated rings.